The number of benzene rings is 1. The van der Waals surface area contributed by atoms with Gasteiger partial charge in [0.15, 0.2) is 16.4 Å². The zero-order valence-electron chi connectivity index (χ0n) is 13.0. The number of hydrogen-bond donors (Lipinski definition) is 0. The van der Waals surface area contributed by atoms with Gasteiger partial charge >= 0.3 is 5.51 Å². The number of fused-ring (bicyclic) bond motifs is 1. The summed E-state index contributed by atoms with van der Waals surface area (Å²) in [6, 6.07) is 5.02. The van der Waals surface area contributed by atoms with Crippen molar-refractivity contribution in [2.75, 3.05) is 5.75 Å². The highest BCUT2D eigenvalue weighted by Crippen LogP contribution is 2.32. The van der Waals surface area contributed by atoms with Crippen LogP contribution >= 0.6 is 15.9 Å². The average molecular weight is 467 g/mol. The van der Waals surface area contributed by atoms with E-state index < -0.39 is 32.0 Å². The number of nitrogens with zero attached hydrogens (tertiary/aromatic N) is 2. The lowest BCUT2D eigenvalue weighted by atomic mass is 10.3. The fourth-order valence-corrected chi connectivity index (χ4v) is 4.25. The first-order chi connectivity index (χ1) is 12.2. The van der Waals surface area contributed by atoms with Gasteiger partial charge in [-0.1, -0.05) is 6.92 Å². The molecule has 0 aliphatic rings. The Kier molecular flexibility index (Phi) is 5.31. The molecule has 3 aromatic rings. The second-order valence-corrected chi connectivity index (χ2v) is 9.09. The number of halogens is 4. The molecule has 1 aromatic carbocycles. The molecular formula is C15H10BrF3N2O3S2. The number of aromatic nitrogens is 2. The van der Waals surface area contributed by atoms with Crippen molar-refractivity contribution in [3.05, 3.63) is 34.9 Å². The molecular weight excluding hydrogens is 457 g/mol. The molecule has 0 bridgehead atoms. The van der Waals surface area contributed by atoms with Gasteiger partial charge in [0, 0.05) is 16.4 Å². The molecule has 0 saturated carbocycles. The highest BCUT2D eigenvalue weighted by Gasteiger charge is 2.38. The van der Waals surface area contributed by atoms with E-state index >= 15 is 0 Å². The van der Waals surface area contributed by atoms with Crippen LogP contribution in [0.25, 0.3) is 22.7 Å². The molecule has 26 heavy (non-hydrogen) atoms. The Morgan fingerprint density at radius 1 is 1.23 bits per heavy atom. The molecule has 0 amide bonds. The third kappa shape index (κ3) is 3.74. The molecule has 0 radical (unpaired) electrons. The van der Waals surface area contributed by atoms with E-state index in [1.165, 1.54) is 12.3 Å². The van der Waals surface area contributed by atoms with E-state index in [9.17, 15) is 21.6 Å². The predicted molar refractivity (Wildman–Crippen MR) is 94.4 cm³/mol. The maximum atomic E-state index is 12.6. The number of hydrogen-bond acceptors (Lipinski definition) is 5. The number of oxazole rings is 1. The Morgan fingerprint density at radius 2 is 1.96 bits per heavy atom. The summed E-state index contributed by atoms with van der Waals surface area (Å²) < 4.78 is 67.8. The van der Waals surface area contributed by atoms with Crippen LogP contribution < -0.4 is 0 Å². The minimum Gasteiger partial charge on any atom is -0.435 e. The fourth-order valence-electron chi connectivity index (χ4n) is 2.17. The Hall–Kier alpha value is -1.59. The van der Waals surface area contributed by atoms with E-state index in [1.54, 1.807) is 13.0 Å². The molecule has 3 rings (SSSR count). The van der Waals surface area contributed by atoms with Crippen molar-refractivity contribution in [1.82, 2.24) is 9.97 Å². The van der Waals surface area contributed by atoms with E-state index in [4.69, 9.17) is 4.42 Å². The standard InChI is InChI=1S/C15H10BrF3N2O3S2/c1-2-25(22)12-5-8(16)7-20-13(12)14-21-10-6-9(3-4-11(10)24-14)26(23)15(17,18)19/h3-7H,2H2,1H3. The van der Waals surface area contributed by atoms with Gasteiger partial charge in [0.2, 0.25) is 5.89 Å². The highest BCUT2D eigenvalue weighted by atomic mass is 79.9. The predicted octanol–water partition coefficient (Wildman–Crippen LogP) is 4.41. The van der Waals surface area contributed by atoms with Gasteiger partial charge in [0.05, 0.1) is 20.6 Å². The van der Waals surface area contributed by atoms with Gasteiger partial charge in [0.1, 0.15) is 11.2 Å². The molecule has 0 fully saturated rings. The molecule has 2 atom stereocenters. The fraction of sp³-hybridized carbons (Fsp3) is 0.200. The SMILES string of the molecule is CCS(=O)c1cc(Br)cnc1-c1nc2cc(S(=O)C(F)(F)F)ccc2o1. The molecule has 5 nitrogen and oxygen atoms in total. The van der Waals surface area contributed by atoms with Crippen LogP contribution in [-0.2, 0) is 21.6 Å². The van der Waals surface area contributed by atoms with Crippen molar-refractivity contribution in [2.24, 2.45) is 0 Å². The van der Waals surface area contributed by atoms with Crippen molar-refractivity contribution >= 4 is 48.6 Å². The third-order valence-electron chi connectivity index (χ3n) is 3.31. The van der Waals surface area contributed by atoms with Crippen molar-refractivity contribution in [3.8, 4) is 11.6 Å². The molecule has 0 spiro atoms. The van der Waals surface area contributed by atoms with Gasteiger partial charge in [-0.2, -0.15) is 13.2 Å². The molecule has 2 aromatic heterocycles. The van der Waals surface area contributed by atoms with Gasteiger partial charge in [0.25, 0.3) is 0 Å². The molecule has 2 heterocycles. The second-order valence-electron chi connectivity index (χ2n) is 5.00. The lowest BCUT2D eigenvalue weighted by molar-refractivity contribution is -0.0384. The zero-order chi connectivity index (χ0) is 19.1. The average Bonchev–Trinajstić information content (AvgIpc) is 3.02. The van der Waals surface area contributed by atoms with Crippen LogP contribution in [0.15, 0.2) is 49.1 Å². The number of pyridine rings is 1. The Morgan fingerprint density at radius 3 is 2.62 bits per heavy atom. The molecule has 0 aliphatic heterocycles. The summed E-state index contributed by atoms with van der Waals surface area (Å²) in [5.74, 6) is 0.374. The van der Waals surface area contributed by atoms with Crippen LogP contribution in [0.5, 0.6) is 0 Å². The largest absolute Gasteiger partial charge is 0.475 e. The van der Waals surface area contributed by atoms with E-state index in [1.807, 2.05) is 0 Å². The lowest BCUT2D eigenvalue weighted by Gasteiger charge is -2.04. The maximum Gasteiger partial charge on any atom is 0.475 e. The van der Waals surface area contributed by atoms with Gasteiger partial charge in [-0.25, -0.2) is 14.2 Å². The minimum atomic E-state index is -4.86. The second kappa shape index (κ2) is 7.20. The Bertz CT molecular complexity index is 1040. The van der Waals surface area contributed by atoms with E-state index in [0.717, 1.165) is 12.1 Å². The first kappa shape index (κ1) is 19.2. The molecule has 11 heteroatoms. The van der Waals surface area contributed by atoms with Gasteiger partial charge in [-0.05, 0) is 40.2 Å². The summed E-state index contributed by atoms with van der Waals surface area (Å²) in [7, 11) is -4.51. The summed E-state index contributed by atoms with van der Waals surface area (Å²) in [4.78, 5) is 8.28. The topological polar surface area (TPSA) is 73.1 Å². The molecule has 138 valence electrons. The monoisotopic (exact) mass is 466 g/mol. The highest BCUT2D eigenvalue weighted by molar-refractivity contribution is 9.10. The molecule has 0 aliphatic carbocycles. The van der Waals surface area contributed by atoms with Crippen LogP contribution in [0.2, 0.25) is 0 Å². The van der Waals surface area contributed by atoms with Gasteiger partial charge < -0.3 is 4.42 Å². The van der Waals surface area contributed by atoms with Crippen molar-refractivity contribution in [2.45, 2.75) is 22.2 Å². The molecule has 2 unspecified atom stereocenters. The smallest absolute Gasteiger partial charge is 0.435 e. The van der Waals surface area contributed by atoms with Crippen LogP contribution in [0, 0.1) is 0 Å². The van der Waals surface area contributed by atoms with Gasteiger partial charge in [-0.3, -0.25) is 4.21 Å². The molecule has 0 saturated heterocycles. The number of rotatable bonds is 4. The van der Waals surface area contributed by atoms with Gasteiger partial charge in [-0.15, -0.1) is 0 Å². The summed E-state index contributed by atoms with van der Waals surface area (Å²) in [5.41, 5.74) is -4.31. The number of alkyl halides is 3. The summed E-state index contributed by atoms with van der Waals surface area (Å²) in [6.07, 6.45) is 1.48. The van der Waals surface area contributed by atoms with Crippen molar-refractivity contribution in [1.29, 1.82) is 0 Å². The normalized spacial score (nSPS) is 14.5. The van der Waals surface area contributed by atoms with Crippen LogP contribution in [0.1, 0.15) is 6.92 Å². The Balaban J connectivity index is 2.11. The van der Waals surface area contributed by atoms with Crippen LogP contribution in [0.3, 0.4) is 0 Å². The van der Waals surface area contributed by atoms with Crippen molar-refractivity contribution < 1.29 is 26.0 Å². The maximum absolute atomic E-state index is 12.6. The van der Waals surface area contributed by atoms with E-state index in [-0.39, 0.29) is 22.7 Å². The quantitative estimate of drug-likeness (QED) is 0.569. The lowest BCUT2D eigenvalue weighted by Crippen LogP contribution is -2.16. The van der Waals surface area contributed by atoms with Crippen LogP contribution in [-0.4, -0.2) is 29.6 Å². The summed E-state index contributed by atoms with van der Waals surface area (Å²) in [6.45, 7) is 1.74. The first-order valence-electron chi connectivity index (χ1n) is 7.14. The zero-order valence-corrected chi connectivity index (χ0v) is 16.3. The Labute approximate surface area is 159 Å². The van der Waals surface area contributed by atoms with Crippen molar-refractivity contribution in [3.63, 3.8) is 0 Å². The summed E-state index contributed by atoms with van der Waals surface area (Å²) >= 11 is 3.26. The summed E-state index contributed by atoms with van der Waals surface area (Å²) in [5, 5.41) is 0. The third-order valence-corrected chi connectivity index (χ3v) is 6.18. The van der Waals surface area contributed by atoms with Crippen LogP contribution in [0.4, 0.5) is 13.2 Å². The van der Waals surface area contributed by atoms with E-state index in [0.29, 0.717) is 15.1 Å². The molecule has 0 N–H and O–H groups in total. The van der Waals surface area contributed by atoms with E-state index in [2.05, 4.69) is 25.9 Å². The first-order valence-corrected chi connectivity index (χ1v) is 10.4. The minimum absolute atomic E-state index is 0.0271.